The van der Waals surface area contributed by atoms with Gasteiger partial charge in [-0.1, -0.05) is 12.1 Å². The van der Waals surface area contributed by atoms with Crippen molar-refractivity contribution in [1.82, 2.24) is 0 Å². The number of halogens is 1. The van der Waals surface area contributed by atoms with E-state index < -0.39 is 8.32 Å². The van der Waals surface area contributed by atoms with Gasteiger partial charge >= 0.3 is 0 Å². The molecule has 0 spiro atoms. The number of rotatable bonds is 3. The largest absolute Gasteiger partial charge is 0.413 e. The van der Waals surface area contributed by atoms with Crippen molar-refractivity contribution in [2.75, 3.05) is 0 Å². The van der Waals surface area contributed by atoms with Crippen molar-refractivity contribution in [3.8, 4) is 0 Å². The van der Waals surface area contributed by atoms with Gasteiger partial charge < -0.3 is 4.43 Å². The minimum absolute atomic E-state index is 0.757. The molecule has 0 aliphatic heterocycles. The number of benzene rings is 1. The SMILES string of the molecule is C[Si](C)(C)OCc1ccc(I)cc1. The minimum Gasteiger partial charge on any atom is -0.413 e. The maximum Gasteiger partial charge on any atom is 0.184 e. The molecule has 1 rings (SSSR count). The third kappa shape index (κ3) is 4.78. The highest BCUT2D eigenvalue weighted by atomic mass is 127. The summed E-state index contributed by atoms with van der Waals surface area (Å²) in [5, 5.41) is 0. The molecule has 13 heavy (non-hydrogen) atoms. The summed E-state index contributed by atoms with van der Waals surface area (Å²) in [6.07, 6.45) is 0. The summed E-state index contributed by atoms with van der Waals surface area (Å²) in [7, 11) is -1.36. The second kappa shape index (κ2) is 4.57. The molecule has 0 radical (unpaired) electrons. The van der Waals surface area contributed by atoms with Crippen molar-refractivity contribution in [1.29, 1.82) is 0 Å². The van der Waals surface area contributed by atoms with Crippen molar-refractivity contribution in [2.24, 2.45) is 0 Å². The van der Waals surface area contributed by atoms with Gasteiger partial charge in [-0.05, 0) is 59.9 Å². The Morgan fingerprint density at radius 1 is 1.15 bits per heavy atom. The first-order valence-corrected chi connectivity index (χ1v) is 8.84. The van der Waals surface area contributed by atoms with Crippen molar-refractivity contribution in [3.63, 3.8) is 0 Å². The van der Waals surface area contributed by atoms with Gasteiger partial charge in [0.05, 0.1) is 6.61 Å². The van der Waals surface area contributed by atoms with Gasteiger partial charge in [0.25, 0.3) is 0 Å². The van der Waals surface area contributed by atoms with Crippen LogP contribution in [-0.4, -0.2) is 8.32 Å². The number of hydrogen-bond acceptors (Lipinski definition) is 1. The molecule has 0 aliphatic carbocycles. The highest BCUT2D eigenvalue weighted by molar-refractivity contribution is 14.1. The van der Waals surface area contributed by atoms with Gasteiger partial charge in [-0.2, -0.15) is 0 Å². The van der Waals surface area contributed by atoms with Gasteiger partial charge in [0.15, 0.2) is 8.32 Å². The zero-order valence-corrected chi connectivity index (χ0v) is 11.5. The number of hydrogen-bond donors (Lipinski definition) is 0. The topological polar surface area (TPSA) is 9.23 Å². The van der Waals surface area contributed by atoms with Gasteiger partial charge in [0, 0.05) is 3.57 Å². The molecule has 0 saturated carbocycles. The van der Waals surface area contributed by atoms with Crippen molar-refractivity contribution >= 4 is 30.9 Å². The van der Waals surface area contributed by atoms with Crippen LogP contribution < -0.4 is 0 Å². The predicted molar refractivity (Wildman–Crippen MR) is 67.3 cm³/mol. The van der Waals surface area contributed by atoms with Crippen LogP contribution in [0.1, 0.15) is 5.56 Å². The molecule has 0 atom stereocenters. The monoisotopic (exact) mass is 306 g/mol. The third-order valence-electron chi connectivity index (χ3n) is 1.59. The van der Waals surface area contributed by atoms with E-state index in [9.17, 15) is 0 Å². The van der Waals surface area contributed by atoms with Gasteiger partial charge in [-0.3, -0.25) is 0 Å². The Morgan fingerprint density at radius 3 is 2.15 bits per heavy atom. The average Bonchev–Trinajstić information content (AvgIpc) is 2.02. The maximum absolute atomic E-state index is 5.79. The van der Waals surface area contributed by atoms with Gasteiger partial charge in [0.2, 0.25) is 0 Å². The summed E-state index contributed by atoms with van der Waals surface area (Å²) < 4.78 is 7.06. The highest BCUT2D eigenvalue weighted by Gasteiger charge is 2.13. The quantitative estimate of drug-likeness (QED) is 0.612. The molecule has 1 nitrogen and oxygen atoms in total. The molecule has 0 saturated heterocycles. The Morgan fingerprint density at radius 2 is 1.69 bits per heavy atom. The standard InChI is InChI=1S/C10H15IOSi/c1-13(2,3)12-8-9-4-6-10(11)7-5-9/h4-7H,8H2,1-3H3. The van der Waals surface area contributed by atoms with Crippen LogP contribution in [0.5, 0.6) is 0 Å². The van der Waals surface area contributed by atoms with Crippen LogP contribution in [0.3, 0.4) is 0 Å². The zero-order chi connectivity index (χ0) is 9.90. The maximum atomic E-state index is 5.79. The van der Waals surface area contributed by atoms with Crippen LogP contribution >= 0.6 is 22.6 Å². The minimum atomic E-state index is -1.36. The highest BCUT2D eigenvalue weighted by Crippen LogP contribution is 2.11. The fourth-order valence-electron chi connectivity index (χ4n) is 0.880. The summed E-state index contributed by atoms with van der Waals surface area (Å²) in [5.41, 5.74) is 1.27. The predicted octanol–water partition coefficient (Wildman–Crippen LogP) is 3.64. The Labute approximate surface area is 94.8 Å². The lowest BCUT2D eigenvalue weighted by Crippen LogP contribution is -2.24. The van der Waals surface area contributed by atoms with Crippen LogP contribution in [-0.2, 0) is 11.0 Å². The molecule has 1 aromatic carbocycles. The average molecular weight is 306 g/mol. The molecule has 0 amide bonds. The van der Waals surface area contributed by atoms with Crippen molar-refractivity contribution < 1.29 is 4.43 Å². The van der Waals surface area contributed by atoms with E-state index in [0.29, 0.717) is 0 Å². The van der Waals surface area contributed by atoms with E-state index in [1.165, 1.54) is 9.13 Å². The first kappa shape index (κ1) is 11.2. The zero-order valence-electron chi connectivity index (χ0n) is 8.30. The van der Waals surface area contributed by atoms with E-state index >= 15 is 0 Å². The van der Waals surface area contributed by atoms with E-state index in [4.69, 9.17) is 4.43 Å². The fourth-order valence-corrected chi connectivity index (χ4v) is 1.84. The van der Waals surface area contributed by atoms with E-state index in [1.807, 2.05) is 0 Å². The van der Waals surface area contributed by atoms with Gasteiger partial charge in [-0.15, -0.1) is 0 Å². The lowest BCUT2D eigenvalue weighted by molar-refractivity contribution is 0.299. The van der Waals surface area contributed by atoms with Crippen LogP contribution in [0, 0.1) is 3.57 Å². The Balaban J connectivity index is 2.51. The van der Waals surface area contributed by atoms with E-state index in [-0.39, 0.29) is 0 Å². The van der Waals surface area contributed by atoms with Crippen LogP contribution in [0.25, 0.3) is 0 Å². The smallest absolute Gasteiger partial charge is 0.184 e. The van der Waals surface area contributed by atoms with Gasteiger partial charge in [0.1, 0.15) is 0 Å². The van der Waals surface area contributed by atoms with Crippen LogP contribution in [0.4, 0.5) is 0 Å². The molecule has 72 valence electrons. The summed E-state index contributed by atoms with van der Waals surface area (Å²) >= 11 is 2.31. The van der Waals surface area contributed by atoms with Crippen molar-refractivity contribution in [3.05, 3.63) is 33.4 Å². The first-order valence-electron chi connectivity index (χ1n) is 4.36. The third-order valence-corrected chi connectivity index (χ3v) is 3.31. The second-order valence-electron chi connectivity index (χ2n) is 4.03. The molecule has 0 bridgehead atoms. The van der Waals surface area contributed by atoms with E-state index in [2.05, 4.69) is 66.5 Å². The van der Waals surface area contributed by atoms with E-state index in [0.717, 1.165) is 6.61 Å². The first-order chi connectivity index (χ1) is 5.97. The van der Waals surface area contributed by atoms with Crippen LogP contribution in [0.15, 0.2) is 24.3 Å². The summed E-state index contributed by atoms with van der Waals surface area (Å²) in [6.45, 7) is 7.38. The molecule has 0 unspecified atom stereocenters. The Bertz CT molecular complexity index is 263. The normalized spacial score (nSPS) is 11.7. The molecular weight excluding hydrogens is 291 g/mol. The summed E-state index contributed by atoms with van der Waals surface area (Å²) in [5.74, 6) is 0. The Kier molecular flexibility index (Phi) is 3.94. The molecule has 0 aromatic heterocycles. The Hall–Kier alpha value is 0.127. The lowest BCUT2D eigenvalue weighted by atomic mass is 10.2. The lowest BCUT2D eigenvalue weighted by Gasteiger charge is -2.16. The summed E-state index contributed by atoms with van der Waals surface area (Å²) in [4.78, 5) is 0. The molecule has 0 N–H and O–H groups in total. The molecule has 1 aromatic rings. The van der Waals surface area contributed by atoms with Gasteiger partial charge in [-0.25, -0.2) is 0 Å². The molecule has 0 fully saturated rings. The molecular formula is C10H15IOSi. The van der Waals surface area contributed by atoms with Crippen molar-refractivity contribution in [2.45, 2.75) is 26.2 Å². The van der Waals surface area contributed by atoms with E-state index in [1.54, 1.807) is 0 Å². The summed E-state index contributed by atoms with van der Waals surface area (Å²) in [6, 6.07) is 8.48. The molecule has 3 heteroatoms. The fraction of sp³-hybridized carbons (Fsp3) is 0.400. The van der Waals surface area contributed by atoms with Crippen LogP contribution in [0.2, 0.25) is 19.6 Å². The molecule has 0 heterocycles. The second-order valence-corrected chi connectivity index (χ2v) is 9.79. The molecule has 0 aliphatic rings.